The van der Waals surface area contributed by atoms with Crippen LogP contribution in [0.15, 0.2) is 26.1 Å². The number of amides is 1. The molecule has 1 amide bonds. The minimum absolute atomic E-state index is 0.316. The second kappa shape index (κ2) is 6.27. The van der Waals surface area contributed by atoms with E-state index in [1.54, 1.807) is 0 Å². The van der Waals surface area contributed by atoms with Crippen LogP contribution in [-0.4, -0.2) is 6.41 Å². The summed E-state index contributed by atoms with van der Waals surface area (Å²) in [5.74, 6) is 0. The van der Waals surface area contributed by atoms with Gasteiger partial charge in [0.25, 0.3) is 0 Å². The minimum atomic E-state index is 0.316. The van der Waals surface area contributed by atoms with Crippen LogP contribution in [0.2, 0.25) is 0 Å². The normalized spacial score (nSPS) is 10.2. The highest BCUT2D eigenvalue weighted by Crippen LogP contribution is 1.75. The van der Waals surface area contributed by atoms with Crippen LogP contribution >= 0.6 is 0 Å². The zero-order valence-electron chi connectivity index (χ0n) is 4.22. The molecule has 9 heavy (non-hydrogen) atoms. The maximum absolute atomic E-state index is 9.44. The fraction of sp³-hybridized carbons (Fsp3) is 0. The molecule has 8 nitrogen and oxygen atoms in total. The third-order valence-corrected chi connectivity index (χ3v) is 0.280. The summed E-state index contributed by atoms with van der Waals surface area (Å²) >= 11 is 0. The SMILES string of the molecule is N=N/N=N/N=N/NC=O. The molecule has 0 heterocycles. The molecule has 0 atom stereocenters. The fourth-order valence-electron chi connectivity index (χ4n) is 0.107. The van der Waals surface area contributed by atoms with Crippen LogP contribution in [0.3, 0.4) is 0 Å². The largest absolute Gasteiger partial charge is 0.277 e. The second-order valence-electron chi connectivity index (χ2n) is 0.715. The smallest absolute Gasteiger partial charge is 0.228 e. The highest BCUT2D eigenvalue weighted by molar-refractivity contribution is 5.44. The molecule has 0 unspecified atom stereocenters. The quantitative estimate of drug-likeness (QED) is 0.319. The molecule has 0 aromatic heterocycles. The summed E-state index contributed by atoms with van der Waals surface area (Å²) in [4.78, 5) is 9.44. The summed E-state index contributed by atoms with van der Waals surface area (Å²) in [7, 11) is 0. The summed E-state index contributed by atoms with van der Waals surface area (Å²) in [6, 6.07) is 0. The first-order valence-electron chi connectivity index (χ1n) is 1.77. The number of nitrogens with zero attached hydrogens (tertiary/aromatic N) is 5. The average molecular weight is 129 g/mol. The van der Waals surface area contributed by atoms with Crippen LogP contribution < -0.4 is 5.43 Å². The van der Waals surface area contributed by atoms with Crippen molar-refractivity contribution in [1.29, 1.82) is 5.53 Å². The van der Waals surface area contributed by atoms with Gasteiger partial charge in [0, 0.05) is 0 Å². The van der Waals surface area contributed by atoms with E-state index in [-0.39, 0.29) is 0 Å². The van der Waals surface area contributed by atoms with Gasteiger partial charge in [0.1, 0.15) is 0 Å². The van der Waals surface area contributed by atoms with Crippen LogP contribution in [0.1, 0.15) is 0 Å². The first-order valence-corrected chi connectivity index (χ1v) is 1.77. The topological polar surface area (TPSA) is 115 Å². The fourth-order valence-corrected chi connectivity index (χ4v) is 0.107. The van der Waals surface area contributed by atoms with E-state index in [1.165, 1.54) is 0 Å². The Kier molecular flexibility index (Phi) is 5.06. The van der Waals surface area contributed by atoms with Gasteiger partial charge < -0.3 is 0 Å². The zero-order chi connectivity index (χ0) is 6.95. The van der Waals surface area contributed by atoms with Crippen molar-refractivity contribution in [3.63, 3.8) is 0 Å². The summed E-state index contributed by atoms with van der Waals surface area (Å²) < 4.78 is 0. The molecule has 0 fully saturated rings. The van der Waals surface area contributed by atoms with Gasteiger partial charge in [-0.25, -0.2) is 5.43 Å². The van der Waals surface area contributed by atoms with E-state index in [0.717, 1.165) is 0 Å². The molecule has 0 saturated carbocycles. The van der Waals surface area contributed by atoms with Gasteiger partial charge >= 0.3 is 0 Å². The van der Waals surface area contributed by atoms with Crippen molar-refractivity contribution in [3.05, 3.63) is 0 Å². The number of rotatable bonds is 4. The van der Waals surface area contributed by atoms with Crippen molar-refractivity contribution in [3.8, 4) is 0 Å². The standard InChI is InChI=1S/CH3N7O/c2-4-6-8-7-5-3-1-9/h1H,(H2,2,3,6,7,9). The summed E-state index contributed by atoms with van der Waals surface area (Å²) in [5.41, 5.74) is 7.88. The number of carbonyl (C=O) groups excluding carboxylic acids is 1. The van der Waals surface area contributed by atoms with E-state index in [1.807, 2.05) is 5.43 Å². The van der Waals surface area contributed by atoms with Crippen molar-refractivity contribution < 1.29 is 4.79 Å². The van der Waals surface area contributed by atoms with Crippen molar-refractivity contribution >= 4 is 6.41 Å². The lowest BCUT2D eigenvalue weighted by Crippen LogP contribution is -1.96. The Morgan fingerprint density at radius 2 is 2.11 bits per heavy atom. The van der Waals surface area contributed by atoms with E-state index in [0.29, 0.717) is 6.41 Å². The lowest BCUT2D eigenvalue weighted by molar-refractivity contribution is -0.109. The molecule has 8 heteroatoms. The molecule has 0 aliphatic carbocycles. The minimum Gasteiger partial charge on any atom is -0.277 e. The molecule has 0 bridgehead atoms. The number of hydrogen-bond donors (Lipinski definition) is 2. The van der Waals surface area contributed by atoms with Crippen LogP contribution in [0, 0.1) is 5.53 Å². The summed E-state index contributed by atoms with van der Waals surface area (Å²) in [6.07, 6.45) is 0.316. The van der Waals surface area contributed by atoms with E-state index in [2.05, 4.69) is 26.1 Å². The maximum Gasteiger partial charge on any atom is 0.228 e. The molecular formula is CH3N7O. The number of carbonyl (C=O) groups is 1. The van der Waals surface area contributed by atoms with Gasteiger partial charge in [-0.2, -0.15) is 5.53 Å². The average Bonchev–Trinajstić information content (AvgIpc) is 1.89. The molecule has 0 aromatic rings. The van der Waals surface area contributed by atoms with E-state index in [9.17, 15) is 4.79 Å². The lowest BCUT2D eigenvalue weighted by Gasteiger charge is -1.73. The van der Waals surface area contributed by atoms with Crippen LogP contribution in [0.4, 0.5) is 0 Å². The Morgan fingerprint density at radius 1 is 1.33 bits per heavy atom. The highest BCUT2D eigenvalue weighted by atomic mass is 16.1. The van der Waals surface area contributed by atoms with Gasteiger partial charge in [-0.15, -0.1) is 0 Å². The third-order valence-electron chi connectivity index (χ3n) is 0.280. The Hall–Kier alpha value is -1.73. The second-order valence-corrected chi connectivity index (χ2v) is 0.715. The van der Waals surface area contributed by atoms with Crippen LogP contribution in [-0.2, 0) is 4.79 Å². The molecule has 0 rings (SSSR count). The van der Waals surface area contributed by atoms with Gasteiger partial charge in [-0.1, -0.05) is 0 Å². The number of hydrogen-bond acceptors (Lipinski definition) is 3. The zero-order valence-corrected chi connectivity index (χ0v) is 4.22. The monoisotopic (exact) mass is 129 g/mol. The van der Waals surface area contributed by atoms with Crippen LogP contribution in [0.25, 0.3) is 0 Å². The van der Waals surface area contributed by atoms with E-state index < -0.39 is 0 Å². The Balaban J connectivity index is 3.33. The third kappa shape index (κ3) is 6.27. The molecule has 2 N–H and O–H groups in total. The Bertz CT molecular complexity index is 136. The summed E-state index contributed by atoms with van der Waals surface area (Å²) in [5, 5.41) is 13.9. The van der Waals surface area contributed by atoms with Crippen molar-refractivity contribution in [2.45, 2.75) is 0 Å². The molecule has 0 aliphatic rings. The van der Waals surface area contributed by atoms with Crippen molar-refractivity contribution in [2.75, 3.05) is 0 Å². The molecule has 0 radical (unpaired) electrons. The summed E-state index contributed by atoms with van der Waals surface area (Å²) in [6.45, 7) is 0. The van der Waals surface area contributed by atoms with Crippen molar-refractivity contribution in [1.82, 2.24) is 5.43 Å². The van der Waals surface area contributed by atoms with Gasteiger partial charge in [0.05, 0.1) is 0 Å². The first-order chi connectivity index (χ1) is 4.41. The van der Waals surface area contributed by atoms with Gasteiger partial charge in [0.15, 0.2) is 0 Å². The lowest BCUT2D eigenvalue weighted by atomic mass is 11.4. The molecule has 48 valence electrons. The number of nitrogens with one attached hydrogen (secondary N) is 2. The molecule has 0 spiro atoms. The predicted octanol–water partition coefficient (Wildman–Crippen LogP) is 0.413. The van der Waals surface area contributed by atoms with Gasteiger partial charge in [-0.05, 0) is 26.1 Å². The van der Waals surface area contributed by atoms with E-state index >= 15 is 0 Å². The maximum atomic E-state index is 9.44. The van der Waals surface area contributed by atoms with Crippen molar-refractivity contribution in [2.24, 2.45) is 26.1 Å². The molecule has 0 saturated heterocycles. The molecule has 0 aliphatic heterocycles. The van der Waals surface area contributed by atoms with E-state index in [4.69, 9.17) is 5.53 Å². The Labute approximate surface area is 49.5 Å². The Morgan fingerprint density at radius 3 is 2.67 bits per heavy atom. The van der Waals surface area contributed by atoms with Gasteiger partial charge in [-0.3, -0.25) is 4.79 Å². The first kappa shape index (κ1) is 7.27. The molecular weight excluding hydrogens is 126 g/mol. The highest BCUT2D eigenvalue weighted by Gasteiger charge is 1.64. The predicted molar refractivity (Wildman–Crippen MR) is 24.1 cm³/mol. The molecule has 0 aromatic carbocycles. The van der Waals surface area contributed by atoms with Crippen LogP contribution in [0.5, 0.6) is 0 Å². The van der Waals surface area contributed by atoms with Gasteiger partial charge in [0.2, 0.25) is 6.41 Å².